The van der Waals surface area contributed by atoms with Gasteiger partial charge < -0.3 is 18.9 Å². The van der Waals surface area contributed by atoms with Gasteiger partial charge in [0.05, 0.1) is 17.5 Å². The molecule has 210 valence electrons. The maximum Gasteiger partial charge on any atom is 0.509 e. The monoisotopic (exact) mass is 557 g/mol. The average molecular weight is 558 g/mol. The van der Waals surface area contributed by atoms with Gasteiger partial charge in [-0.25, -0.2) is 14.6 Å². The van der Waals surface area contributed by atoms with Crippen LogP contribution in [0.25, 0.3) is 15.4 Å². The number of benzene rings is 1. The molecule has 0 unspecified atom stereocenters. The van der Waals surface area contributed by atoms with Crippen molar-refractivity contribution in [3.63, 3.8) is 0 Å². The molecule has 0 radical (unpaired) electrons. The lowest BCUT2D eigenvalue weighted by Gasteiger charge is -2.30. The lowest BCUT2D eigenvalue weighted by atomic mass is 9.99. The number of fused-ring (bicyclic) bond motifs is 1. The molecule has 1 aliphatic heterocycles. The topological polar surface area (TPSA) is 109 Å². The molecule has 1 fully saturated rings. The van der Waals surface area contributed by atoms with Crippen molar-refractivity contribution < 1.29 is 33.3 Å². The molecule has 0 spiro atoms. The van der Waals surface area contributed by atoms with Crippen molar-refractivity contribution >= 4 is 34.5 Å². The van der Waals surface area contributed by atoms with Crippen molar-refractivity contribution in [1.82, 2.24) is 14.3 Å². The Bertz CT molecular complexity index is 1310. The van der Waals surface area contributed by atoms with Gasteiger partial charge >= 0.3 is 18.2 Å². The van der Waals surface area contributed by atoms with Crippen molar-refractivity contribution in [2.45, 2.75) is 84.3 Å². The van der Waals surface area contributed by atoms with Gasteiger partial charge in [0, 0.05) is 25.5 Å². The molecular weight excluding hydrogens is 522 g/mol. The number of ether oxygens (including phenoxy) is 4. The number of hydrogen-bond acceptors (Lipinski definition) is 9. The van der Waals surface area contributed by atoms with Crippen molar-refractivity contribution in [3.8, 4) is 10.4 Å². The van der Waals surface area contributed by atoms with Crippen molar-refractivity contribution in [3.05, 3.63) is 48.4 Å². The summed E-state index contributed by atoms with van der Waals surface area (Å²) in [5.74, 6) is -0.549. The molecule has 1 amide bonds. The number of rotatable bonds is 5. The SMILES string of the molecule is CC(=O)O[C@@H]1[C@@H](OC(=O)OC(C)(C)C)CN(C(=O)OC(C)(C)C)[C@@H]1Cc1ccc(-c2cn3ccnc3s2)cc1. The fourth-order valence-corrected chi connectivity index (χ4v) is 5.32. The minimum Gasteiger partial charge on any atom is -0.456 e. The van der Waals surface area contributed by atoms with Gasteiger partial charge in [-0.15, -0.1) is 0 Å². The number of aromatic nitrogens is 2. The van der Waals surface area contributed by atoms with Crippen LogP contribution in [0.3, 0.4) is 0 Å². The molecule has 0 aliphatic carbocycles. The standard InChI is InChI=1S/C28H35N3O7S/c1-17(32)35-23-20(14-18-8-10-19(11-9-18)22-16-30-13-12-29-24(30)39-22)31(25(33)37-27(2,3)4)15-21(23)36-26(34)38-28(5,6)7/h8-13,16,20-21,23H,14-15H2,1-7H3/t20-,21+,23+/m1/s1. The average Bonchev–Trinajstić information content (AvgIpc) is 3.47. The number of carbonyl (C=O) groups excluding carboxylic acids is 3. The summed E-state index contributed by atoms with van der Waals surface area (Å²) in [5, 5.41) is 0. The van der Waals surface area contributed by atoms with Gasteiger partial charge in [0.1, 0.15) is 11.2 Å². The molecule has 0 saturated carbocycles. The van der Waals surface area contributed by atoms with Gasteiger partial charge in [0.15, 0.2) is 17.2 Å². The first-order valence-electron chi connectivity index (χ1n) is 12.8. The first kappa shape index (κ1) is 28.4. The van der Waals surface area contributed by atoms with Crippen LogP contribution in [0.2, 0.25) is 0 Å². The van der Waals surface area contributed by atoms with Crippen LogP contribution in [0.15, 0.2) is 42.9 Å². The zero-order chi connectivity index (χ0) is 28.5. The second-order valence-electron chi connectivity index (χ2n) is 11.5. The van der Waals surface area contributed by atoms with E-state index < -0.39 is 47.7 Å². The number of esters is 1. The van der Waals surface area contributed by atoms with Gasteiger partial charge in [-0.3, -0.25) is 14.1 Å². The molecule has 3 atom stereocenters. The third kappa shape index (κ3) is 7.29. The molecule has 3 heterocycles. The second-order valence-corrected chi connectivity index (χ2v) is 12.5. The summed E-state index contributed by atoms with van der Waals surface area (Å²) in [6.07, 6.45) is 2.71. The number of hydrogen-bond donors (Lipinski definition) is 0. The highest BCUT2D eigenvalue weighted by Crippen LogP contribution is 2.32. The predicted octanol–water partition coefficient (Wildman–Crippen LogP) is 5.48. The van der Waals surface area contributed by atoms with E-state index in [1.807, 2.05) is 41.1 Å². The van der Waals surface area contributed by atoms with Crippen LogP contribution >= 0.6 is 11.3 Å². The maximum atomic E-state index is 13.2. The van der Waals surface area contributed by atoms with Crippen LogP contribution in [0.4, 0.5) is 9.59 Å². The zero-order valence-corrected chi connectivity index (χ0v) is 24.1. The minimum atomic E-state index is -0.928. The van der Waals surface area contributed by atoms with Gasteiger partial charge in [-0.2, -0.15) is 0 Å². The van der Waals surface area contributed by atoms with E-state index in [2.05, 4.69) is 4.98 Å². The Hall–Kier alpha value is -3.60. The van der Waals surface area contributed by atoms with E-state index in [9.17, 15) is 14.4 Å². The molecule has 1 aromatic carbocycles. The van der Waals surface area contributed by atoms with Gasteiger partial charge in [0.25, 0.3) is 0 Å². The van der Waals surface area contributed by atoms with Crippen molar-refractivity contribution in [1.29, 1.82) is 0 Å². The minimum absolute atomic E-state index is 0.0101. The van der Waals surface area contributed by atoms with Gasteiger partial charge in [0.2, 0.25) is 0 Å². The Kier molecular flexibility index (Phi) is 7.92. The summed E-state index contributed by atoms with van der Waals surface area (Å²) in [7, 11) is 0. The van der Waals surface area contributed by atoms with Crippen LogP contribution in [0, 0.1) is 0 Å². The zero-order valence-electron chi connectivity index (χ0n) is 23.3. The van der Waals surface area contributed by atoms with Crippen LogP contribution < -0.4 is 0 Å². The van der Waals surface area contributed by atoms with Crippen LogP contribution in [-0.2, 0) is 30.2 Å². The predicted molar refractivity (Wildman–Crippen MR) is 146 cm³/mol. The Labute approximate surface area is 231 Å². The van der Waals surface area contributed by atoms with E-state index in [1.54, 1.807) is 59.1 Å². The summed E-state index contributed by atoms with van der Waals surface area (Å²) < 4.78 is 24.1. The van der Waals surface area contributed by atoms with E-state index in [0.29, 0.717) is 6.42 Å². The van der Waals surface area contributed by atoms with Gasteiger partial charge in [-0.1, -0.05) is 35.6 Å². The molecule has 0 bridgehead atoms. The first-order chi connectivity index (χ1) is 18.2. The number of imidazole rings is 1. The first-order valence-corrected chi connectivity index (χ1v) is 13.6. The molecule has 1 saturated heterocycles. The summed E-state index contributed by atoms with van der Waals surface area (Å²) in [6, 6.07) is 7.31. The Morgan fingerprint density at radius 3 is 2.26 bits per heavy atom. The fraction of sp³-hybridized carbons (Fsp3) is 0.500. The summed E-state index contributed by atoms with van der Waals surface area (Å²) in [6.45, 7) is 11.8. The van der Waals surface area contributed by atoms with Crippen molar-refractivity contribution in [2.24, 2.45) is 0 Å². The Morgan fingerprint density at radius 1 is 1.00 bits per heavy atom. The molecule has 11 heteroatoms. The maximum absolute atomic E-state index is 13.2. The van der Waals surface area contributed by atoms with Crippen molar-refractivity contribution in [2.75, 3.05) is 6.54 Å². The molecular formula is C28H35N3O7S. The second kappa shape index (κ2) is 10.9. The number of carbonyl (C=O) groups is 3. The highest BCUT2D eigenvalue weighted by Gasteiger charge is 2.49. The number of thiazole rings is 1. The van der Waals surface area contributed by atoms with Crippen LogP contribution in [0.1, 0.15) is 54.0 Å². The molecule has 39 heavy (non-hydrogen) atoms. The molecule has 4 rings (SSSR count). The highest BCUT2D eigenvalue weighted by atomic mass is 32.1. The van der Waals surface area contributed by atoms with E-state index in [-0.39, 0.29) is 6.54 Å². The van der Waals surface area contributed by atoms with E-state index in [0.717, 1.165) is 21.0 Å². The highest BCUT2D eigenvalue weighted by molar-refractivity contribution is 7.20. The summed E-state index contributed by atoms with van der Waals surface area (Å²) >= 11 is 1.59. The molecule has 10 nitrogen and oxygen atoms in total. The molecule has 1 aliphatic rings. The van der Waals surface area contributed by atoms with E-state index in [4.69, 9.17) is 18.9 Å². The largest absolute Gasteiger partial charge is 0.509 e. The number of nitrogens with zero attached hydrogens (tertiary/aromatic N) is 3. The van der Waals surface area contributed by atoms with Crippen LogP contribution in [0.5, 0.6) is 0 Å². The van der Waals surface area contributed by atoms with E-state index >= 15 is 0 Å². The molecule has 0 N–H and O–H groups in total. The van der Waals surface area contributed by atoms with Crippen LogP contribution in [-0.4, -0.2) is 68.5 Å². The number of amides is 1. The summed E-state index contributed by atoms with van der Waals surface area (Å²) in [5.41, 5.74) is 0.427. The quantitative estimate of drug-likeness (QED) is 0.300. The summed E-state index contributed by atoms with van der Waals surface area (Å²) in [4.78, 5) is 45.6. The fourth-order valence-electron chi connectivity index (χ4n) is 4.37. The molecule has 3 aromatic rings. The Morgan fingerprint density at radius 2 is 1.67 bits per heavy atom. The lowest BCUT2D eigenvalue weighted by molar-refractivity contribution is -0.153. The normalized spacial score (nSPS) is 19.7. The smallest absolute Gasteiger partial charge is 0.456 e. The third-order valence-corrected chi connectivity index (χ3v) is 6.92. The molecule has 2 aromatic heterocycles. The third-order valence-electron chi connectivity index (χ3n) is 5.86. The Balaban J connectivity index is 1.59. The van der Waals surface area contributed by atoms with E-state index in [1.165, 1.54) is 11.8 Å². The lowest BCUT2D eigenvalue weighted by Crippen LogP contribution is -2.45. The number of likely N-dealkylation sites (tertiary alicyclic amines) is 1. The van der Waals surface area contributed by atoms with Gasteiger partial charge in [-0.05, 0) is 59.1 Å².